The summed E-state index contributed by atoms with van der Waals surface area (Å²) in [5.74, 6) is 4.24. The van der Waals surface area contributed by atoms with Crippen LogP contribution in [-0.4, -0.2) is 30.3 Å². The van der Waals surface area contributed by atoms with Crippen LogP contribution in [0.5, 0.6) is 0 Å². The van der Waals surface area contributed by atoms with Crippen molar-refractivity contribution in [2.75, 3.05) is 13.6 Å². The first-order chi connectivity index (χ1) is 4.57. The number of carbonyl (C=O) groups excluding carboxylic acids is 2. The number of amides is 2. The standard InChI is InChI=1S/C5H11N3O2/c1-4(9)8(2)3-5(10)7-6/h3,6H2,1-2H3,(H,7,10). The summed E-state index contributed by atoms with van der Waals surface area (Å²) in [6.07, 6.45) is 0. The smallest absolute Gasteiger partial charge is 0.253 e. The van der Waals surface area contributed by atoms with Crippen molar-refractivity contribution in [1.29, 1.82) is 0 Å². The van der Waals surface area contributed by atoms with E-state index in [4.69, 9.17) is 5.84 Å². The molecular formula is C5H11N3O2. The van der Waals surface area contributed by atoms with E-state index in [1.807, 2.05) is 5.43 Å². The third-order valence-electron chi connectivity index (χ3n) is 1.08. The Morgan fingerprint density at radius 1 is 1.60 bits per heavy atom. The Kier molecular flexibility index (Phi) is 3.42. The maximum absolute atomic E-state index is 10.5. The average molecular weight is 145 g/mol. The van der Waals surface area contributed by atoms with Gasteiger partial charge in [0.25, 0.3) is 5.91 Å². The highest BCUT2D eigenvalue weighted by Gasteiger charge is 2.05. The van der Waals surface area contributed by atoms with E-state index in [1.165, 1.54) is 18.9 Å². The molecule has 3 N–H and O–H groups in total. The van der Waals surface area contributed by atoms with E-state index in [1.54, 1.807) is 0 Å². The predicted molar refractivity (Wildman–Crippen MR) is 35.6 cm³/mol. The lowest BCUT2D eigenvalue weighted by Crippen LogP contribution is -2.40. The molecule has 0 aliphatic heterocycles. The van der Waals surface area contributed by atoms with Crippen LogP contribution in [0.4, 0.5) is 0 Å². The van der Waals surface area contributed by atoms with Gasteiger partial charge in [0.15, 0.2) is 0 Å². The second-order valence-corrected chi connectivity index (χ2v) is 1.94. The molecule has 5 heteroatoms. The van der Waals surface area contributed by atoms with Crippen molar-refractivity contribution in [3.63, 3.8) is 0 Å². The summed E-state index contributed by atoms with van der Waals surface area (Å²) in [7, 11) is 1.53. The van der Waals surface area contributed by atoms with E-state index >= 15 is 0 Å². The number of carbonyl (C=O) groups is 2. The van der Waals surface area contributed by atoms with Gasteiger partial charge in [-0.3, -0.25) is 15.0 Å². The van der Waals surface area contributed by atoms with Crippen LogP contribution in [0.1, 0.15) is 6.92 Å². The minimum atomic E-state index is -0.377. The first-order valence-electron chi connectivity index (χ1n) is 2.79. The molecule has 0 aliphatic carbocycles. The quantitative estimate of drug-likeness (QED) is 0.281. The van der Waals surface area contributed by atoms with Crippen LogP contribution < -0.4 is 11.3 Å². The molecule has 0 aromatic rings. The average Bonchev–Trinajstić information content (AvgIpc) is 1.87. The molecule has 0 radical (unpaired) electrons. The zero-order valence-electron chi connectivity index (χ0n) is 6.05. The third-order valence-corrected chi connectivity index (χ3v) is 1.08. The van der Waals surface area contributed by atoms with Crippen LogP contribution in [0.2, 0.25) is 0 Å². The summed E-state index contributed by atoms with van der Waals surface area (Å²) in [6.45, 7) is 1.38. The first kappa shape index (κ1) is 8.90. The molecular weight excluding hydrogens is 134 g/mol. The molecule has 0 spiro atoms. The number of nitrogens with two attached hydrogens (primary N) is 1. The van der Waals surface area contributed by atoms with Crippen LogP contribution in [-0.2, 0) is 9.59 Å². The fourth-order valence-electron chi connectivity index (χ4n) is 0.372. The summed E-state index contributed by atoms with van der Waals surface area (Å²) in [5.41, 5.74) is 1.92. The molecule has 0 aromatic heterocycles. The number of nitrogens with zero attached hydrogens (tertiary/aromatic N) is 1. The Labute approximate surface area is 59.1 Å². The van der Waals surface area contributed by atoms with E-state index in [0.29, 0.717) is 0 Å². The van der Waals surface area contributed by atoms with Gasteiger partial charge in [-0.05, 0) is 0 Å². The fourth-order valence-corrected chi connectivity index (χ4v) is 0.372. The van der Waals surface area contributed by atoms with Gasteiger partial charge < -0.3 is 4.90 Å². The number of nitrogens with one attached hydrogen (secondary N) is 1. The molecule has 0 atom stereocenters. The first-order valence-corrected chi connectivity index (χ1v) is 2.79. The highest BCUT2D eigenvalue weighted by atomic mass is 16.2. The van der Waals surface area contributed by atoms with E-state index in [9.17, 15) is 9.59 Å². The van der Waals surface area contributed by atoms with Gasteiger partial charge in [0.05, 0.1) is 0 Å². The van der Waals surface area contributed by atoms with E-state index in [0.717, 1.165) is 0 Å². The molecule has 0 rings (SSSR count). The fraction of sp³-hybridized carbons (Fsp3) is 0.600. The highest BCUT2D eigenvalue weighted by Crippen LogP contribution is 1.80. The zero-order valence-corrected chi connectivity index (χ0v) is 6.05. The molecule has 0 bridgehead atoms. The minimum absolute atomic E-state index is 0.00579. The van der Waals surface area contributed by atoms with Gasteiger partial charge in [-0.15, -0.1) is 0 Å². The van der Waals surface area contributed by atoms with Gasteiger partial charge in [-0.25, -0.2) is 5.84 Å². The molecule has 0 aromatic carbocycles. The van der Waals surface area contributed by atoms with Gasteiger partial charge in [-0.1, -0.05) is 0 Å². The maximum atomic E-state index is 10.5. The number of rotatable bonds is 2. The SMILES string of the molecule is CC(=O)N(C)CC(=O)NN. The molecule has 0 fully saturated rings. The number of hydrogen-bond donors (Lipinski definition) is 2. The molecule has 0 unspecified atom stereocenters. The number of hydrazine groups is 1. The molecule has 0 heterocycles. The lowest BCUT2D eigenvalue weighted by Gasteiger charge is -2.12. The van der Waals surface area contributed by atoms with E-state index in [-0.39, 0.29) is 18.4 Å². The second-order valence-electron chi connectivity index (χ2n) is 1.94. The molecule has 0 saturated carbocycles. The zero-order chi connectivity index (χ0) is 8.15. The summed E-state index contributed by atoms with van der Waals surface area (Å²) >= 11 is 0. The summed E-state index contributed by atoms with van der Waals surface area (Å²) in [6, 6.07) is 0. The van der Waals surface area contributed by atoms with Crippen LogP contribution in [0, 0.1) is 0 Å². The number of hydrogen-bond acceptors (Lipinski definition) is 3. The van der Waals surface area contributed by atoms with Crippen molar-refractivity contribution in [2.24, 2.45) is 5.84 Å². The van der Waals surface area contributed by atoms with Crippen molar-refractivity contribution < 1.29 is 9.59 Å². The molecule has 2 amide bonds. The van der Waals surface area contributed by atoms with Gasteiger partial charge in [0.1, 0.15) is 6.54 Å². The Bertz CT molecular complexity index is 146. The Morgan fingerprint density at radius 2 is 2.10 bits per heavy atom. The van der Waals surface area contributed by atoms with Crippen molar-refractivity contribution >= 4 is 11.8 Å². The van der Waals surface area contributed by atoms with Crippen LogP contribution in [0.25, 0.3) is 0 Å². The lowest BCUT2D eigenvalue weighted by molar-refractivity contribution is -0.133. The second kappa shape index (κ2) is 3.84. The van der Waals surface area contributed by atoms with Crippen molar-refractivity contribution in [3.05, 3.63) is 0 Å². The highest BCUT2D eigenvalue weighted by molar-refractivity contribution is 5.83. The van der Waals surface area contributed by atoms with Gasteiger partial charge in [-0.2, -0.15) is 0 Å². The van der Waals surface area contributed by atoms with Crippen molar-refractivity contribution in [3.8, 4) is 0 Å². The lowest BCUT2D eigenvalue weighted by atomic mass is 10.5. The third kappa shape index (κ3) is 3.03. The van der Waals surface area contributed by atoms with Crippen molar-refractivity contribution in [1.82, 2.24) is 10.3 Å². The van der Waals surface area contributed by atoms with Gasteiger partial charge >= 0.3 is 0 Å². The van der Waals surface area contributed by atoms with Crippen molar-refractivity contribution in [2.45, 2.75) is 6.92 Å². The molecule has 5 nitrogen and oxygen atoms in total. The Hall–Kier alpha value is -1.10. The van der Waals surface area contributed by atoms with E-state index < -0.39 is 0 Å². The Balaban J connectivity index is 3.68. The summed E-state index contributed by atoms with van der Waals surface area (Å²) in [5, 5.41) is 0. The largest absolute Gasteiger partial charge is 0.337 e. The van der Waals surface area contributed by atoms with Gasteiger partial charge in [0.2, 0.25) is 5.91 Å². The van der Waals surface area contributed by atoms with E-state index in [2.05, 4.69) is 0 Å². The van der Waals surface area contributed by atoms with Crippen LogP contribution in [0.15, 0.2) is 0 Å². The minimum Gasteiger partial charge on any atom is -0.337 e. The molecule has 10 heavy (non-hydrogen) atoms. The van der Waals surface area contributed by atoms with Crippen LogP contribution >= 0.6 is 0 Å². The Morgan fingerprint density at radius 3 is 2.40 bits per heavy atom. The monoisotopic (exact) mass is 145 g/mol. The predicted octanol–water partition coefficient (Wildman–Crippen LogP) is -1.55. The molecule has 0 aliphatic rings. The van der Waals surface area contributed by atoms with Crippen LogP contribution in [0.3, 0.4) is 0 Å². The summed E-state index contributed by atoms with van der Waals surface area (Å²) < 4.78 is 0. The number of likely N-dealkylation sites (N-methyl/N-ethyl adjacent to an activating group) is 1. The van der Waals surface area contributed by atoms with Gasteiger partial charge in [0, 0.05) is 14.0 Å². The summed E-state index contributed by atoms with van der Waals surface area (Å²) in [4.78, 5) is 22.3. The molecule has 58 valence electrons. The maximum Gasteiger partial charge on any atom is 0.253 e. The normalized spacial score (nSPS) is 8.70. The topological polar surface area (TPSA) is 75.4 Å². The molecule has 0 saturated heterocycles.